The van der Waals surface area contributed by atoms with Crippen molar-refractivity contribution < 1.29 is 28.5 Å². The van der Waals surface area contributed by atoms with Crippen LogP contribution in [-0.4, -0.2) is 43.6 Å². The third kappa shape index (κ3) is 7.36. The van der Waals surface area contributed by atoms with E-state index in [-0.39, 0.29) is 56.0 Å². The third-order valence-corrected chi connectivity index (χ3v) is 7.98. The maximum absolute atomic E-state index is 11.9. The first kappa shape index (κ1) is 32.2. The van der Waals surface area contributed by atoms with Gasteiger partial charge in [-0.3, -0.25) is 9.59 Å². The summed E-state index contributed by atoms with van der Waals surface area (Å²) in [4.78, 5) is 23.7. The van der Waals surface area contributed by atoms with E-state index in [1.807, 2.05) is 45.0 Å². The van der Waals surface area contributed by atoms with Gasteiger partial charge >= 0.3 is 11.9 Å². The molecule has 1 unspecified atom stereocenters. The number of hydrogen-bond donors (Lipinski definition) is 1. The quantitative estimate of drug-likeness (QED) is 0.0778. The van der Waals surface area contributed by atoms with Crippen molar-refractivity contribution in [2.75, 3.05) is 26.4 Å². The lowest BCUT2D eigenvalue weighted by molar-refractivity contribution is -0.145. The molecule has 0 saturated carbocycles. The highest BCUT2D eigenvalue weighted by Crippen LogP contribution is 2.56. The summed E-state index contributed by atoms with van der Waals surface area (Å²) in [5, 5.41) is -0.0428. The van der Waals surface area contributed by atoms with Gasteiger partial charge in [-0.05, 0) is 63.6 Å². The standard InChI is InChI=1S/C38H40O6S/c1-26(2)24-36(39)43-22-20-41-30-16-12-28(13-17-30)38(34-10-6-4-8-32(34)33-9-5-7-11-35(33)38)29-14-18-31(19-15-29)42-21-23-44-37(40)25-27(3)45/h4-19,26-27,45H,20-25H2,1-3H3. The van der Waals surface area contributed by atoms with Crippen molar-refractivity contribution in [3.05, 3.63) is 119 Å². The van der Waals surface area contributed by atoms with E-state index in [0.29, 0.717) is 17.9 Å². The van der Waals surface area contributed by atoms with Gasteiger partial charge < -0.3 is 18.9 Å². The van der Waals surface area contributed by atoms with Crippen LogP contribution in [0.4, 0.5) is 0 Å². The molecule has 0 N–H and O–H groups in total. The highest BCUT2D eigenvalue weighted by Gasteiger charge is 2.45. The second-order valence-electron chi connectivity index (χ2n) is 11.7. The Labute approximate surface area is 271 Å². The number of ether oxygens (including phenoxy) is 4. The Hall–Kier alpha value is -4.23. The van der Waals surface area contributed by atoms with E-state index in [1.165, 1.54) is 22.3 Å². The van der Waals surface area contributed by atoms with Gasteiger partial charge in [0.1, 0.15) is 37.9 Å². The summed E-state index contributed by atoms with van der Waals surface area (Å²) < 4.78 is 22.4. The largest absolute Gasteiger partial charge is 0.490 e. The fourth-order valence-corrected chi connectivity index (χ4v) is 6.10. The third-order valence-electron chi connectivity index (χ3n) is 7.79. The predicted molar refractivity (Wildman–Crippen MR) is 179 cm³/mol. The van der Waals surface area contributed by atoms with Crippen molar-refractivity contribution in [3.8, 4) is 22.6 Å². The van der Waals surface area contributed by atoms with Gasteiger partial charge in [0.05, 0.1) is 11.8 Å². The van der Waals surface area contributed by atoms with Gasteiger partial charge in [-0.15, -0.1) is 0 Å². The number of fused-ring (bicyclic) bond motifs is 3. The van der Waals surface area contributed by atoms with E-state index in [9.17, 15) is 9.59 Å². The van der Waals surface area contributed by atoms with Crippen LogP contribution in [0.5, 0.6) is 11.5 Å². The monoisotopic (exact) mass is 624 g/mol. The summed E-state index contributed by atoms with van der Waals surface area (Å²) in [6, 6.07) is 33.4. The van der Waals surface area contributed by atoms with Gasteiger partial charge in [0, 0.05) is 11.7 Å². The molecule has 0 fully saturated rings. The Morgan fingerprint density at radius 1 is 0.600 bits per heavy atom. The zero-order valence-corrected chi connectivity index (χ0v) is 26.9. The Morgan fingerprint density at radius 2 is 1.02 bits per heavy atom. The smallest absolute Gasteiger partial charge is 0.307 e. The highest BCUT2D eigenvalue weighted by molar-refractivity contribution is 7.80. The van der Waals surface area contributed by atoms with Crippen LogP contribution in [0.1, 0.15) is 55.9 Å². The molecule has 4 aromatic carbocycles. The van der Waals surface area contributed by atoms with Crippen LogP contribution < -0.4 is 9.47 Å². The molecule has 0 heterocycles. The molecule has 1 aliphatic rings. The minimum absolute atomic E-state index is 0.0428. The Bertz CT molecular complexity index is 1470. The minimum atomic E-state index is -0.560. The summed E-state index contributed by atoms with van der Waals surface area (Å²) in [6.45, 7) is 6.78. The second kappa shape index (κ2) is 14.7. The summed E-state index contributed by atoms with van der Waals surface area (Å²) in [6.07, 6.45) is 0.669. The molecule has 234 valence electrons. The van der Waals surface area contributed by atoms with Gasteiger partial charge in [-0.1, -0.05) is 93.6 Å². The fraction of sp³-hybridized carbons (Fsp3) is 0.316. The zero-order chi connectivity index (χ0) is 31.8. The van der Waals surface area contributed by atoms with Crippen molar-refractivity contribution in [3.63, 3.8) is 0 Å². The summed E-state index contributed by atoms with van der Waals surface area (Å²) in [5.41, 5.74) is 6.47. The van der Waals surface area contributed by atoms with Crippen LogP contribution in [0.15, 0.2) is 97.1 Å². The molecule has 1 atom stereocenters. The fourth-order valence-electron chi connectivity index (χ4n) is 5.95. The van der Waals surface area contributed by atoms with Gasteiger partial charge in [-0.25, -0.2) is 0 Å². The molecule has 0 saturated heterocycles. The number of hydrogen-bond acceptors (Lipinski definition) is 7. The summed E-state index contributed by atoms with van der Waals surface area (Å²) in [7, 11) is 0. The molecule has 0 spiro atoms. The lowest BCUT2D eigenvalue weighted by Crippen LogP contribution is -2.28. The molecule has 5 rings (SSSR count). The Balaban J connectivity index is 1.39. The van der Waals surface area contributed by atoms with Crippen LogP contribution in [-0.2, 0) is 24.5 Å². The molecule has 45 heavy (non-hydrogen) atoms. The molecule has 4 aromatic rings. The molecule has 0 bridgehead atoms. The molecule has 7 heteroatoms. The van der Waals surface area contributed by atoms with Gasteiger partial charge in [0.15, 0.2) is 0 Å². The molecule has 1 aliphatic carbocycles. The van der Waals surface area contributed by atoms with Crippen LogP contribution >= 0.6 is 12.6 Å². The molecule has 0 aromatic heterocycles. The molecular weight excluding hydrogens is 584 g/mol. The predicted octanol–water partition coefficient (Wildman–Crippen LogP) is 7.65. The topological polar surface area (TPSA) is 71.1 Å². The van der Waals surface area contributed by atoms with E-state index in [4.69, 9.17) is 18.9 Å². The molecule has 0 aliphatic heterocycles. The maximum atomic E-state index is 11.9. The van der Waals surface area contributed by atoms with E-state index in [2.05, 4.69) is 85.4 Å². The van der Waals surface area contributed by atoms with Crippen LogP contribution in [0.25, 0.3) is 11.1 Å². The number of benzene rings is 4. The zero-order valence-electron chi connectivity index (χ0n) is 26.0. The number of esters is 2. The summed E-state index contributed by atoms with van der Waals surface area (Å²) in [5.74, 6) is 1.18. The van der Waals surface area contributed by atoms with Crippen molar-refractivity contribution in [2.24, 2.45) is 5.92 Å². The lowest BCUT2D eigenvalue weighted by atomic mass is 9.68. The first-order valence-electron chi connectivity index (χ1n) is 15.4. The number of carbonyl (C=O) groups excluding carboxylic acids is 2. The summed E-state index contributed by atoms with van der Waals surface area (Å²) >= 11 is 4.24. The van der Waals surface area contributed by atoms with Crippen molar-refractivity contribution in [2.45, 2.75) is 44.3 Å². The van der Waals surface area contributed by atoms with E-state index in [0.717, 1.165) is 11.1 Å². The first-order valence-corrected chi connectivity index (χ1v) is 16.0. The number of rotatable bonds is 14. The molecule has 0 radical (unpaired) electrons. The Morgan fingerprint density at radius 3 is 1.44 bits per heavy atom. The van der Waals surface area contributed by atoms with Crippen LogP contribution in [0, 0.1) is 5.92 Å². The number of carbonyl (C=O) groups is 2. The highest BCUT2D eigenvalue weighted by atomic mass is 32.1. The average molecular weight is 625 g/mol. The normalized spacial score (nSPS) is 13.4. The maximum Gasteiger partial charge on any atom is 0.307 e. The number of thiol groups is 1. The SMILES string of the molecule is CC(C)CC(=O)OCCOc1ccc(C2(c3ccc(OCCOC(=O)CC(C)S)cc3)c3ccccc3-c3ccccc32)cc1. The van der Waals surface area contributed by atoms with Crippen LogP contribution in [0.2, 0.25) is 0 Å². The second-order valence-corrected chi connectivity index (χ2v) is 12.6. The molecule has 6 nitrogen and oxygen atoms in total. The lowest BCUT2D eigenvalue weighted by Gasteiger charge is -2.34. The van der Waals surface area contributed by atoms with Gasteiger partial charge in [0.2, 0.25) is 0 Å². The molecular formula is C38H40O6S. The first-order chi connectivity index (χ1) is 21.8. The molecule has 0 amide bonds. The van der Waals surface area contributed by atoms with E-state index >= 15 is 0 Å². The van der Waals surface area contributed by atoms with Crippen molar-refractivity contribution >= 4 is 24.6 Å². The minimum Gasteiger partial charge on any atom is -0.490 e. The average Bonchev–Trinajstić information content (AvgIpc) is 3.33. The van der Waals surface area contributed by atoms with Crippen molar-refractivity contribution in [1.29, 1.82) is 0 Å². The van der Waals surface area contributed by atoms with E-state index in [1.54, 1.807) is 0 Å². The van der Waals surface area contributed by atoms with Gasteiger partial charge in [-0.2, -0.15) is 12.6 Å². The van der Waals surface area contributed by atoms with Crippen LogP contribution in [0.3, 0.4) is 0 Å². The van der Waals surface area contributed by atoms with Gasteiger partial charge in [0.25, 0.3) is 0 Å². The van der Waals surface area contributed by atoms with E-state index < -0.39 is 5.41 Å². The van der Waals surface area contributed by atoms with Crippen molar-refractivity contribution in [1.82, 2.24) is 0 Å². The Kier molecular flexibility index (Phi) is 10.5.